The first kappa shape index (κ1) is 18.7. The average molecular weight is 433 g/mol. The van der Waals surface area contributed by atoms with Crippen LogP contribution in [0.2, 0.25) is 0 Å². The fraction of sp³-hybridized carbons (Fsp3) is 0.259. The van der Waals surface area contributed by atoms with Gasteiger partial charge in [-0.25, -0.2) is 4.98 Å². The molecule has 5 heterocycles. The largest absolute Gasteiger partial charge is 0.367 e. The molecule has 1 N–H and O–H groups in total. The third-order valence-electron chi connectivity index (χ3n) is 7.50. The van der Waals surface area contributed by atoms with Crippen molar-refractivity contribution in [2.24, 2.45) is 0 Å². The smallest absolute Gasteiger partial charge is 0.161 e. The number of imidazole rings is 1. The molecule has 7 rings (SSSR count). The second-order valence-corrected chi connectivity index (χ2v) is 9.26. The van der Waals surface area contributed by atoms with Crippen LogP contribution in [0.5, 0.6) is 0 Å². The van der Waals surface area contributed by atoms with Crippen molar-refractivity contribution in [3.05, 3.63) is 78.2 Å². The maximum absolute atomic E-state index is 9.12. The SMILES string of the molecule is N#Cc1ccc(-c2cc3n(c2)Cc2cc(N4CC[C@@H]5NCC[C@H]54)ccc2-n2ccnc2-3)cc1. The topological polar surface area (TPSA) is 61.8 Å². The van der Waals surface area contributed by atoms with Gasteiger partial charge in [-0.3, -0.25) is 4.57 Å². The molecule has 2 aromatic carbocycles. The molecule has 0 radical (unpaired) electrons. The Labute approximate surface area is 192 Å². The molecule has 2 saturated heterocycles. The Bertz CT molecular complexity index is 1400. The van der Waals surface area contributed by atoms with E-state index in [1.807, 2.05) is 30.5 Å². The van der Waals surface area contributed by atoms with E-state index in [-0.39, 0.29) is 0 Å². The number of rotatable bonds is 2. The van der Waals surface area contributed by atoms with Crippen LogP contribution in [-0.4, -0.2) is 39.3 Å². The molecule has 0 bridgehead atoms. The predicted molar refractivity (Wildman–Crippen MR) is 128 cm³/mol. The number of hydrogen-bond acceptors (Lipinski definition) is 4. The number of aromatic nitrogens is 3. The normalized spacial score (nSPS) is 20.5. The van der Waals surface area contributed by atoms with Crippen LogP contribution in [0.1, 0.15) is 24.0 Å². The number of nitrogens with one attached hydrogen (secondary N) is 1. The summed E-state index contributed by atoms with van der Waals surface area (Å²) in [5, 5.41) is 12.8. The second-order valence-electron chi connectivity index (χ2n) is 9.26. The first-order valence-corrected chi connectivity index (χ1v) is 11.7. The summed E-state index contributed by atoms with van der Waals surface area (Å²) in [6, 6.07) is 20.4. The molecule has 3 aliphatic rings. The first-order chi connectivity index (χ1) is 16.3. The van der Waals surface area contributed by atoms with Crippen molar-refractivity contribution in [3.8, 4) is 34.4 Å². The lowest BCUT2D eigenvalue weighted by Gasteiger charge is -2.26. The minimum Gasteiger partial charge on any atom is -0.367 e. The van der Waals surface area contributed by atoms with Crippen molar-refractivity contribution >= 4 is 5.69 Å². The predicted octanol–water partition coefficient (Wildman–Crippen LogP) is 4.18. The highest BCUT2D eigenvalue weighted by Gasteiger charge is 2.37. The lowest BCUT2D eigenvalue weighted by atomic mass is 10.1. The molecule has 2 aromatic heterocycles. The third kappa shape index (κ3) is 2.86. The standard InChI is InChI=1S/C27H24N6/c28-15-18-1-3-19(4-2-18)20-14-26-27-30-10-12-33(27)24-6-5-22(13-21(24)17-31(26)16-20)32-11-8-23-25(32)7-9-29-23/h1-6,10,12-14,16,23,25,29H,7-9,11,17H2/t23-,25+/m0/s1. The lowest BCUT2D eigenvalue weighted by Crippen LogP contribution is -2.34. The van der Waals surface area contributed by atoms with E-state index >= 15 is 0 Å². The Balaban J connectivity index is 1.31. The van der Waals surface area contributed by atoms with Crippen molar-refractivity contribution in [2.75, 3.05) is 18.0 Å². The number of anilines is 1. The van der Waals surface area contributed by atoms with E-state index in [9.17, 15) is 0 Å². The summed E-state index contributed by atoms with van der Waals surface area (Å²) >= 11 is 0. The molecule has 6 nitrogen and oxygen atoms in total. The van der Waals surface area contributed by atoms with Crippen LogP contribution in [0.4, 0.5) is 5.69 Å². The molecule has 6 heteroatoms. The summed E-state index contributed by atoms with van der Waals surface area (Å²) in [7, 11) is 0. The Kier molecular flexibility index (Phi) is 4.02. The van der Waals surface area contributed by atoms with Gasteiger partial charge in [-0.2, -0.15) is 5.26 Å². The monoisotopic (exact) mass is 432 g/mol. The van der Waals surface area contributed by atoms with Gasteiger partial charge in [-0.15, -0.1) is 0 Å². The maximum atomic E-state index is 9.12. The van der Waals surface area contributed by atoms with Crippen molar-refractivity contribution < 1.29 is 0 Å². The van der Waals surface area contributed by atoms with E-state index in [2.05, 4.69) is 62.1 Å². The van der Waals surface area contributed by atoms with Crippen molar-refractivity contribution in [3.63, 3.8) is 0 Å². The van der Waals surface area contributed by atoms with Crippen molar-refractivity contribution in [2.45, 2.75) is 31.5 Å². The van der Waals surface area contributed by atoms with Gasteiger partial charge in [0, 0.05) is 55.0 Å². The van der Waals surface area contributed by atoms with E-state index in [1.165, 1.54) is 29.8 Å². The van der Waals surface area contributed by atoms with Crippen molar-refractivity contribution in [1.29, 1.82) is 5.26 Å². The Morgan fingerprint density at radius 3 is 2.82 bits per heavy atom. The van der Waals surface area contributed by atoms with Gasteiger partial charge in [-0.05, 0) is 66.9 Å². The molecule has 2 atom stereocenters. The number of nitriles is 1. The van der Waals surface area contributed by atoms with Crippen LogP contribution in [0.15, 0.2) is 67.1 Å². The highest BCUT2D eigenvalue weighted by Crippen LogP contribution is 2.37. The van der Waals surface area contributed by atoms with Gasteiger partial charge in [0.2, 0.25) is 0 Å². The molecule has 33 heavy (non-hydrogen) atoms. The van der Waals surface area contributed by atoms with E-state index < -0.39 is 0 Å². The van der Waals surface area contributed by atoms with E-state index in [0.29, 0.717) is 17.6 Å². The van der Waals surface area contributed by atoms with Crippen LogP contribution >= 0.6 is 0 Å². The first-order valence-electron chi connectivity index (χ1n) is 11.7. The minimum absolute atomic E-state index is 0.614. The number of hydrogen-bond donors (Lipinski definition) is 1. The molecule has 2 fully saturated rings. The van der Waals surface area contributed by atoms with Gasteiger partial charge < -0.3 is 14.8 Å². The van der Waals surface area contributed by atoms with E-state index in [4.69, 9.17) is 10.2 Å². The number of benzene rings is 2. The van der Waals surface area contributed by atoms with E-state index in [1.54, 1.807) is 0 Å². The summed E-state index contributed by atoms with van der Waals surface area (Å²) in [4.78, 5) is 7.32. The Morgan fingerprint density at radius 1 is 1.03 bits per heavy atom. The maximum Gasteiger partial charge on any atom is 0.161 e. The van der Waals surface area contributed by atoms with E-state index in [0.717, 1.165) is 42.3 Å². The summed E-state index contributed by atoms with van der Waals surface area (Å²) in [6.45, 7) is 3.05. The third-order valence-corrected chi connectivity index (χ3v) is 7.50. The zero-order valence-electron chi connectivity index (χ0n) is 18.3. The van der Waals surface area contributed by atoms with Crippen LogP contribution in [0.3, 0.4) is 0 Å². The highest BCUT2D eigenvalue weighted by molar-refractivity contribution is 5.72. The molecule has 3 aliphatic heterocycles. The van der Waals surface area contributed by atoms with Gasteiger partial charge in [-0.1, -0.05) is 12.1 Å². The van der Waals surface area contributed by atoms with Gasteiger partial charge in [0.15, 0.2) is 5.82 Å². The zero-order valence-corrected chi connectivity index (χ0v) is 18.3. The summed E-state index contributed by atoms with van der Waals surface area (Å²) < 4.78 is 4.52. The minimum atomic E-state index is 0.614. The molecule has 0 unspecified atom stereocenters. The van der Waals surface area contributed by atoms with Crippen LogP contribution in [0.25, 0.3) is 28.3 Å². The average Bonchev–Trinajstić information content (AvgIpc) is 3.62. The fourth-order valence-corrected chi connectivity index (χ4v) is 5.89. The number of nitrogens with zero attached hydrogens (tertiary/aromatic N) is 5. The van der Waals surface area contributed by atoms with Gasteiger partial charge in [0.25, 0.3) is 0 Å². The highest BCUT2D eigenvalue weighted by atomic mass is 15.2. The van der Waals surface area contributed by atoms with Gasteiger partial charge in [0.1, 0.15) is 0 Å². The van der Waals surface area contributed by atoms with Gasteiger partial charge >= 0.3 is 0 Å². The molecule has 0 spiro atoms. The zero-order chi connectivity index (χ0) is 21.9. The molecule has 0 aliphatic carbocycles. The van der Waals surface area contributed by atoms with Crippen molar-refractivity contribution in [1.82, 2.24) is 19.4 Å². The quantitative estimate of drug-likeness (QED) is 0.455. The molecular formula is C27H24N6. The van der Waals surface area contributed by atoms with Crippen LogP contribution in [-0.2, 0) is 6.54 Å². The Hall–Kier alpha value is -3.82. The molecule has 0 saturated carbocycles. The number of fused-ring (bicyclic) bond motifs is 6. The fourth-order valence-electron chi connectivity index (χ4n) is 5.89. The van der Waals surface area contributed by atoms with Crippen LogP contribution in [0, 0.1) is 11.3 Å². The molecule has 162 valence electrons. The summed E-state index contributed by atoms with van der Waals surface area (Å²) in [6.07, 6.45) is 8.60. The van der Waals surface area contributed by atoms with Gasteiger partial charge in [0.05, 0.1) is 23.0 Å². The summed E-state index contributed by atoms with van der Waals surface area (Å²) in [5.74, 6) is 0.961. The molecule has 0 amide bonds. The second kappa shape index (κ2) is 7.09. The lowest BCUT2D eigenvalue weighted by molar-refractivity contribution is 0.601. The molecular weight excluding hydrogens is 408 g/mol. The van der Waals surface area contributed by atoms with Crippen LogP contribution < -0.4 is 10.2 Å². The Morgan fingerprint density at radius 2 is 1.94 bits per heavy atom. The summed E-state index contributed by atoms with van der Waals surface area (Å²) in [5.41, 5.74) is 7.88. The molecule has 4 aromatic rings.